The molecule has 82 valence electrons. The molecule has 1 amide bonds. The fourth-order valence-electron chi connectivity index (χ4n) is 1.80. The molecule has 0 radical (unpaired) electrons. The topological polar surface area (TPSA) is 52.6 Å². The summed E-state index contributed by atoms with van der Waals surface area (Å²) in [7, 11) is 1.89. The minimum atomic E-state index is -1.03. The van der Waals surface area contributed by atoms with Gasteiger partial charge in [0.05, 0.1) is 0 Å². The molecule has 1 fully saturated rings. The average Bonchev–Trinajstić information content (AvgIpc) is 2.23. The molecule has 4 nitrogen and oxygen atoms in total. The van der Waals surface area contributed by atoms with Crippen molar-refractivity contribution in [2.75, 3.05) is 26.7 Å². The Morgan fingerprint density at radius 3 is 3.07 bits per heavy atom. The van der Waals surface area contributed by atoms with E-state index in [2.05, 4.69) is 5.32 Å². The lowest BCUT2D eigenvalue weighted by Crippen LogP contribution is -2.28. The Morgan fingerprint density at radius 1 is 1.71 bits per heavy atom. The van der Waals surface area contributed by atoms with Gasteiger partial charge in [0.15, 0.2) is 0 Å². The number of halogens is 1. The summed E-state index contributed by atoms with van der Waals surface area (Å²) in [5.74, 6) is 0.131. The van der Waals surface area contributed by atoms with E-state index < -0.39 is 12.3 Å². The second-order valence-corrected chi connectivity index (χ2v) is 3.94. The summed E-state index contributed by atoms with van der Waals surface area (Å²) in [4.78, 5) is 12.2. The fourth-order valence-corrected chi connectivity index (χ4v) is 1.80. The van der Waals surface area contributed by atoms with E-state index in [-0.39, 0.29) is 5.92 Å². The van der Waals surface area contributed by atoms with Crippen LogP contribution in [-0.2, 0) is 0 Å². The van der Waals surface area contributed by atoms with Crippen LogP contribution in [0.15, 0.2) is 0 Å². The van der Waals surface area contributed by atoms with E-state index in [1.54, 1.807) is 0 Å². The number of hydrogen-bond acceptors (Lipinski definition) is 2. The zero-order valence-corrected chi connectivity index (χ0v) is 8.37. The van der Waals surface area contributed by atoms with E-state index in [9.17, 15) is 9.18 Å². The van der Waals surface area contributed by atoms with E-state index in [1.807, 2.05) is 11.9 Å². The summed E-state index contributed by atoms with van der Waals surface area (Å²) in [6.45, 7) is 1.67. The lowest BCUT2D eigenvalue weighted by Gasteiger charge is -2.14. The molecule has 2 N–H and O–H groups in total. The van der Waals surface area contributed by atoms with Crippen LogP contribution < -0.4 is 5.32 Å². The van der Waals surface area contributed by atoms with Gasteiger partial charge in [-0.15, -0.1) is 0 Å². The molecule has 0 bridgehead atoms. The van der Waals surface area contributed by atoms with Crippen molar-refractivity contribution in [2.24, 2.45) is 5.92 Å². The second kappa shape index (κ2) is 5.14. The van der Waals surface area contributed by atoms with Crippen molar-refractivity contribution in [3.05, 3.63) is 0 Å². The normalized spacial score (nSPS) is 29.6. The van der Waals surface area contributed by atoms with Crippen molar-refractivity contribution >= 4 is 6.09 Å². The largest absolute Gasteiger partial charge is 0.465 e. The van der Waals surface area contributed by atoms with Crippen LogP contribution in [0.3, 0.4) is 0 Å². The highest BCUT2D eigenvalue weighted by atomic mass is 19.1. The highest BCUT2D eigenvalue weighted by molar-refractivity contribution is 5.64. The Morgan fingerprint density at radius 2 is 2.43 bits per heavy atom. The van der Waals surface area contributed by atoms with Crippen LogP contribution in [0.5, 0.6) is 0 Å². The van der Waals surface area contributed by atoms with Gasteiger partial charge in [-0.25, -0.2) is 9.18 Å². The first-order valence-corrected chi connectivity index (χ1v) is 4.87. The number of nitrogens with zero attached hydrogens (tertiary/aromatic N) is 1. The first-order valence-electron chi connectivity index (χ1n) is 4.87. The molecule has 0 saturated carbocycles. The molecule has 5 heteroatoms. The third-order valence-electron chi connectivity index (χ3n) is 2.56. The number of hydrogen-bond donors (Lipinski definition) is 2. The van der Waals surface area contributed by atoms with Gasteiger partial charge in [0, 0.05) is 13.1 Å². The van der Waals surface area contributed by atoms with Crippen molar-refractivity contribution in [2.45, 2.75) is 19.0 Å². The molecule has 0 aliphatic carbocycles. The van der Waals surface area contributed by atoms with Gasteiger partial charge in [0.25, 0.3) is 0 Å². The number of rotatable bonds is 2. The van der Waals surface area contributed by atoms with Gasteiger partial charge in [-0.05, 0) is 32.4 Å². The van der Waals surface area contributed by atoms with Gasteiger partial charge in [-0.2, -0.15) is 0 Å². The molecule has 1 rings (SSSR count). The summed E-state index contributed by atoms with van der Waals surface area (Å²) >= 11 is 0. The van der Waals surface area contributed by atoms with E-state index in [0.29, 0.717) is 19.5 Å². The monoisotopic (exact) mass is 204 g/mol. The molecule has 0 spiro atoms. The summed E-state index contributed by atoms with van der Waals surface area (Å²) in [6, 6.07) is 0. The van der Waals surface area contributed by atoms with Crippen LogP contribution in [0, 0.1) is 5.92 Å². The zero-order chi connectivity index (χ0) is 10.6. The van der Waals surface area contributed by atoms with Gasteiger partial charge in [0.2, 0.25) is 0 Å². The van der Waals surface area contributed by atoms with Gasteiger partial charge < -0.3 is 15.3 Å². The van der Waals surface area contributed by atoms with Crippen LogP contribution in [0.2, 0.25) is 0 Å². The number of carboxylic acid groups (broad SMARTS) is 1. The summed E-state index contributed by atoms with van der Waals surface area (Å²) in [5.41, 5.74) is 0. The zero-order valence-electron chi connectivity index (χ0n) is 8.37. The third kappa shape index (κ3) is 3.91. The van der Waals surface area contributed by atoms with Crippen LogP contribution in [-0.4, -0.2) is 49.0 Å². The molecular formula is C9H17FN2O2. The smallest absolute Gasteiger partial charge is 0.404 e. The highest BCUT2D eigenvalue weighted by Gasteiger charge is 2.22. The molecule has 1 saturated heterocycles. The van der Waals surface area contributed by atoms with Gasteiger partial charge >= 0.3 is 6.09 Å². The van der Waals surface area contributed by atoms with E-state index in [1.165, 1.54) is 0 Å². The van der Waals surface area contributed by atoms with Crippen molar-refractivity contribution in [3.63, 3.8) is 0 Å². The molecule has 1 heterocycles. The first kappa shape index (κ1) is 11.2. The lowest BCUT2D eigenvalue weighted by atomic mass is 10.0. The number of alkyl halides is 1. The average molecular weight is 204 g/mol. The standard InChI is InChI=1S/C9H17FN2O2/c1-12-3-2-7(4-8(10)6-12)5-11-9(13)14/h7-8,11H,2-6H2,1H3,(H,13,14). The summed E-state index contributed by atoms with van der Waals surface area (Å²) in [6.07, 6.45) is -0.539. The molecule has 2 atom stereocenters. The first-order chi connectivity index (χ1) is 6.58. The molecule has 0 aromatic heterocycles. The molecule has 1 aliphatic rings. The Hall–Kier alpha value is -0.840. The van der Waals surface area contributed by atoms with Gasteiger partial charge in [-0.3, -0.25) is 0 Å². The Balaban J connectivity index is 2.34. The quantitative estimate of drug-likeness (QED) is 0.703. The van der Waals surface area contributed by atoms with E-state index in [0.717, 1.165) is 13.0 Å². The fraction of sp³-hybridized carbons (Fsp3) is 0.889. The molecule has 0 aromatic carbocycles. The molecule has 2 unspecified atom stereocenters. The Kier molecular flexibility index (Phi) is 4.13. The molecule has 1 aliphatic heterocycles. The lowest BCUT2D eigenvalue weighted by molar-refractivity contribution is 0.189. The minimum absolute atomic E-state index is 0.131. The molecular weight excluding hydrogens is 187 g/mol. The Bertz CT molecular complexity index is 201. The predicted molar refractivity (Wildman–Crippen MR) is 51.1 cm³/mol. The van der Waals surface area contributed by atoms with Crippen molar-refractivity contribution in [1.29, 1.82) is 0 Å². The Labute approximate surface area is 83.1 Å². The minimum Gasteiger partial charge on any atom is -0.465 e. The van der Waals surface area contributed by atoms with Crippen molar-refractivity contribution < 1.29 is 14.3 Å². The van der Waals surface area contributed by atoms with Crippen LogP contribution >= 0.6 is 0 Å². The summed E-state index contributed by atoms with van der Waals surface area (Å²) in [5, 5.41) is 10.7. The van der Waals surface area contributed by atoms with E-state index >= 15 is 0 Å². The predicted octanol–water partition coefficient (Wildman–Crippen LogP) is 0.934. The maximum Gasteiger partial charge on any atom is 0.404 e. The molecule has 0 aromatic rings. The number of carbonyl (C=O) groups is 1. The van der Waals surface area contributed by atoms with Crippen molar-refractivity contribution in [3.8, 4) is 0 Å². The number of amides is 1. The number of likely N-dealkylation sites (tertiary alicyclic amines) is 1. The van der Waals surface area contributed by atoms with Crippen LogP contribution in [0.25, 0.3) is 0 Å². The molecule has 14 heavy (non-hydrogen) atoms. The van der Waals surface area contributed by atoms with Crippen LogP contribution in [0.4, 0.5) is 9.18 Å². The summed E-state index contributed by atoms with van der Waals surface area (Å²) < 4.78 is 13.3. The van der Waals surface area contributed by atoms with E-state index in [4.69, 9.17) is 5.11 Å². The second-order valence-electron chi connectivity index (χ2n) is 3.94. The maximum absolute atomic E-state index is 13.3. The highest BCUT2D eigenvalue weighted by Crippen LogP contribution is 2.18. The van der Waals surface area contributed by atoms with Crippen LogP contribution in [0.1, 0.15) is 12.8 Å². The SMILES string of the molecule is CN1CCC(CNC(=O)O)CC(F)C1. The van der Waals surface area contributed by atoms with Gasteiger partial charge in [0.1, 0.15) is 6.17 Å². The van der Waals surface area contributed by atoms with Crippen molar-refractivity contribution in [1.82, 2.24) is 10.2 Å². The third-order valence-corrected chi connectivity index (χ3v) is 2.56. The van der Waals surface area contributed by atoms with Gasteiger partial charge in [-0.1, -0.05) is 0 Å². The maximum atomic E-state index is 13.3. The number of nitrogens with one attached hydrogen (secondary N) is 1.